The first-order chi connectivity index (χ1) is 10.5. The Balaban J connectivity index is 1.89. The molecule has 0 unspecified atom stereocenters. The zero-order valence-electron chi connectivity index (χ0n) is 13.7. The molecule has 2 aliphatic rings. The first kappa shape index (κ1) is 16.8. The van der Waals surface area contributed by atoms with Gasteiger partial charge in [-0.1, -0.05) is 26.2 Å². The van der Waals surface area contributed by atoms with E-state index in [0.717, 1.165) is 45.1 Å². The molecule has 4 amide bonds. The van der Waals surface area contributed by atoms with Gasteiger partial charge in [0.05, 0.1) is 0 Å². The van der Waals surface area contributed by atoms with E-state index in [0.29, 0.717) is 6.54 Å². The van der Waals surface area contributed by atoms with Gasteiger partial charge in [-0.3, -0.25) is 14.5 Å². The highest BCUT2D eigenvalue weighted by Gasteiger charge is 2.52. The quantitative estimate of drug-likeness (QED) is 0.730. The second-order valence-electron chi connectivity index (χ2n) is 6.25. The molecule has 1 saturated heterocycles. The summed E-state index contributed by atoms with van der Waals surface area (Å²) in [6.45, 7) is 5.65. The fourth-order valence-electron chi connectivity index (χ4n) is 3.37. The van der Waals surface area contributed by atoms with Crippen LogP contribution in [0.4, 0.5) is 4.79 Å². The Bertz CT molecular complexity index is 444. The summed E-state index contributed by atoms with van der Waals surface area (Å²) in [6, 6.07) is -0.337. The lowest BCUT2D eigenvalue weighted by atomic mass is 9.98. The summed E-state index contributed by atoms with van der Waals surface area (Å²) in [6.07, 6.45) is 5.62. The maximum atomic E-state index is 12.5. The molecule has 1 aliphatic carbocycles. The summed E-state index contributed by atoms with van der Waals surface area (Å²) < 4.78 is 0. The molecule has 1 aliphatic heterocycles. The van der Waals surface area contributed by atoms with E-state index in [4.69, 9.17) is 0 Å². The van der Waals surface area contributed by atoms with Gasteiger partial charge in [0.1, 0.15) is 5.54 Å². The van der Waals surface area contributed by atoms with E-state index < -0.39 is 5.54 Å². The molecule has 0 aromatic heterocycles. The zero-order valence-corrected chi connectivity index (χ0v) is 13.7. The summed E-state index contributed by atoms with van der Waals surface area (Å²) in [5.41, 5.74) is -0.674. The third-order valence-corrected chi connectivity index (χ3v) is 4.77. The zero-order chi connectivity index (χ0) is 16.2. The molecule has 6 heteroatoms. The molecule has 0 aromatic rings. The van der Waals surface area contributed by atoms with Crippen LogP contribution >= 0.6 is 0 Å². The van der Waals surface area contributed by atoms with E-state index in [9.17, 15) is 14.4 Å². The molecule has 2 fully saturated rings. The van der Waals surface area contributed by atoms with Crippen molar-refractivity contribution in [3.8, 4) is 0 Å². The molecule has 1 N–H and O–H groups in total. The number of hydrogen-bond donors (Lipinski definition) is 1. The van der Waals surface area contributed by atoms with Crippen molar-refractivity contribution in [3.05, 3.63) is 0 Å². The van der Waals surface area contributed by atoms with Crippen molar-refractivity contribution in [2.75, 3.05) is 19.6 Å². The van der Waals surface area contributed by atoms with Crippen molar-refractivity contribution in [1.29, 1.82) is 0 Å². The lowest BCUT2D eigenvalue weighted by molar-refractivity contribution is -0.133. The van der Waals surface area contributed by atoms with Crippen molar-refractivity contribution in [3.63, 3.8) is 0 Å². The van der Waals surface area contributed by atoms with E-state index in [1.54, 1.807) is 4.90 Å². The van der Waals surface area contributed by atoms with Crippen LogP contribution in [0, 0.1) is 0 Å². The van der Waals surface area contributed by atoms with Crippen LogP contribution in [0.5, 0.6) is 0 Å². The molecule has 0 radical (unpaired) electrons. The van der Waals surface area contributed by atoms with Gasteiger partial charge >= 0.3 is 6.03 Å². The average Bonchev–Trinajstić information content (AvgIpc) is 3.05. The van der Waals surface area contributed by atoms with Gasteiger partial charge in [-0.2, -0.15) is 0 Å². The number of nitrogens with one attached hydrogen (secondary N) is 1. The van der Waals surface area contributed by atoms with Gasteiger partial charge < -0.3 is 10.2 Å². The van der Waals surface area contributed by atoms with Crippen molar-refractivity contribution in [1.82, 2.24) is 15.1 Å². The van der Waals surface area contributed by atoms with Gasteiger partial charge in [0, 0.05) is 26.1 Å². The standard InChI is InChI=1S/C16H27N3O3/c1-3-5-11-18(4-2)13(20)8-12-19-14(21)16(17-15(19)22)9-6-7-10-16/h3-12H2,1-2H3,(H,17,22). The Hall–Kier alpha value is -1.59. The van der Waals surface area contributed by atoms with Crippen molar-refractivity contribution < 1.29 is 14.4 Å². The molecular formula is C16H27N3O3. The summed E-state index contributed by atoms with van der Waals surface area (Å²) in [4.78, 5) is 39.8. The molecule has 124 valence electrons. The Kier molecular flexibility index (Phi) is 5.42. The van der Waals surface area contributed by atoms with Crippen LogP contribution in [0.2, 0.25) is 0 Å². The Morgan fingerprint density at radius 2 is 1.95 bits per heavy atom. The van der Waals surface area contributed by atoms with Gasteiger partial charge in [-0.15, -0.1) is 0 Å². The van der Waals surface area contributed by atoms with E-state index >= 15 is 0 Å². The molecule has 0 aromatic carbocycles. The number of unbranched alkanes of at least 4 members (excludes halogenated alkanes) is 1. The maximum Gasteiger partial charge on any atom is 0.325 e. The Morgan fingerprint density at radius 1 is 1.27 bits per heavy atom. The highest BCUT2D eigenvalue weighted by molar-refractivity contribution is 6.07. The second-order valence-corrected chi connectivity index (χ2v) is 6.25. The van der Waals surface area contributed by atoms with Crippen LogP contribution in [-0.4, -0.2) is 52.8 Å². The number of nitrogens with zero attached hydrogens (tertiary/aromatic N) is 2. The molecule has 2 rings (SSSR count). The largest absolute Gasteiger partial charge is 0.343 e. The SMILES string of the molecule is CCCCN(CC)C(=O)CCN1C(=O)NC2(CCCC2)C1=O. The van der Waals surface area contributed by atoms with Crippen molar-refractivity contribution in [2.24, 2.45) is 0 Å². The van der Waals surface area contributed by atoms with Crippen LogP contribution in [0.3, 0.4) is 0 Å². The number of carbonyl (C=O) groups excluding carboxylic acids is 3. The molecule has 0 atom stereocenters. The third-order valence-electron chi connectivity index (χ3n) is 4.77. The minimum Gasteiger partial charge on any atom is -0.343 e. The number of carbonyl (C=O) groups is 3. The molecule has 0 bridgehead atoms. The average molecular weight is 309 g/mol. The lowest BCUT2D eigenvalue weighted by Gasteiger charge is -2.22. The molecule has 22 heavy (non-hydrogen) atoms. The maximum absolute atomic E-state index is 12.5. The van der Waals surface area contributed by atoms with Crippen molar-refractivity contribution in [2.45, 2.75) is 64.3 Å². The fourth-order valence-corrected chi connectivity index (χ4v) is 3.37. The topological polar surface area (TPSA) is 69.7 Å². The highest BCUT2D eigenvalue weighted by atomic mass is 16.2. The Morgan fingerprint density at radius 3 is 2.55 bits per heavy atom. The van der Waals surface area contributed by atoms with Crippen LogP contribution in [-0.2, 0) is 9.59 Å². The van der Waals surface area contributed by atoms with Crippen LogP contribution < -0.4 is 5.32 Å². The molecule has 6 nitrogen and oxygen atoms in total. The summed E-state index contributed by atoms with van der Waals surface area (Å²) in [5, 5.41) is 2.84. The lowest BCUT2D eigenvalue weighted by Crippen LogP contribution is -2.44. The number of imide groups is 1. The van der Waals surface area contributed by atoms with Crippen LogP contribution in [0.25, 0.3) is 0 Å². The third kappa shape index (κ3) is 3.25. The van der Waals surface area contributed by atoms with Crippen LogP contribution in [0.1, 0.15) is 58.8 Å². The highest BCUT2D eigenvalue weighted by Crippen LogP contribution is 2.35. The van der Waals surface area contributed by atoms with E-state index in [2.05, 4.69) is 12.2 Å². The fraction of sp³-hybridized carbons (Fsp3) is 0.812. The van der Waals surface area contributed by atoms with Gasteiger partial charge in [-0.25, -0.2) is 4.79 Å². The number of hydrogen-bond acceptors (Lipinski definition) is 3. The van der Waals surface area contributed by atoms with Gasteiger partial charge in [0.25, 0.3) is 5.91 Å². The number of urea groups is 1. The normalized spacial score (nSPS) is 19.8. The monoisotopic (exact) mass is 309 g/mol. The summed E-state index contributed by atoms with van der Waals surface area (Å²) in [5.74, 6) is -0.122. The molecule has 1 spiro atoms. The molecule has 1 heterocycles. The van der Waals surface area contributed by atoms with Crippen LogP contribution in [0.15, 0.2) is 0 Å². The minimum absolute atomic E-state index is 0.0175. The first-order valence-electron chi connectivity index (χ1n) is 8.46. The smallest absolute Gasteiger partial charge is 0.325 e. The molecule has 1 saturated carbocycles. The van der Waals surface area contributed by atoms with Gasteiger partial charge in [0.15, 0.2) is 0 Å². The minimum atomic E-state index is -0.674. The first-order valence-corrected chi connectivity index (χ1v) is 8.46. The van der Waals surface area contributed by atoms with E-state index in [-0.39, 0.29) is 30.8 Å². The molecular weight excluding hydrogens is 282 g/mol. The van der Waals surface area contributed by atoms with Crippen molar-refractivity contribution >= 4 is 17.8 Å². The van der Waals surface area contributed by atoms with E-state index in [1.165, 1.54) is 4.90 Å². The number of rotatable bonds is 7. The number of amides is 4. The Labute approximate surface area is 132 Å². The van der Waals surface area contributed by atoms with Gasteiger partial charge in [-0.05, 0) is 26.2 Å². The summed E-state index contributed by atoms with van der Waals surface area (Å²) >= 11 is 0. The van der Waals surface area contributed by atoms with E-state index in [1.807, 2.05) is 6.92 Å². The predicted octanol–water partition coefficient (Wildman–Crippen LogP) is 1.89. The summed E-state index contributed by atoms with van der Waals surface area (Å²) in [7, 11) is 0. The second kappa shape index (κ2) is 7.11. The van der Waals surface area contributed by atoms with Gasteiger partial charge in [0.2, 0.25) is 5.91 Å². The predicted molar refractivity (Wildman–Crippen MR) is 83.2 cm³/mol.